The first kappa shape index (κ1) is 14.6. The van der Waals surface area contributed by atoms with Crippen molar-refractivity contribution in [2.75, 3.05) is 5.75 Å². The number of rotatable bonds is 7. The lowest BCUT2D eigenvalue weighted by Crippen LogP contribution is -2.11. The summed E-state index contributed by atoms with van der Waals surface area (Å²) < 4.78 is 3.97. The van der Waals surface area contributed by atoms with Gasteiger partial charge in [-0.2, -0.15) is 0 Å². The quantitative estimate of drug-likeness (QED) is 0.774. The van der Waals surface area contributed by atoms with Crippen LogP contribution in [0.3, 0.4) is 0 Å². The first-order chi connectivity index (χ1) is 9.65. The minimum absolute atomic E-state index is 0.000631. The smallest absolute Gasteiger partial charge is 0.313 e. The lowest BCUT2D eigenvalue weighted by Gasteiger charge is -2.10. The molecule has 0 aliphatic carbocycles. The van der Waals surface area contributed by atoms with Crippen molar-refractivity contribution in [3.8, 4) is 0 Å². The van der Waals surface area contributed by atoms with Crippen molar-refractivity contribution < 1.29 is 9.90 Å². The molecular weight excluding hydrogens is 278 g/mol. The summed E-state index contributed by atoms with van der Waals surface area (Å²) in [6, 6.07) is 0. The van der Waals surface area contributed by atoms with Crippen molar-refractivity contribution >= 4 is 17.7 Å². The average Bonchev–Trinajstić information content (AvgIpc) is 3.03. The number of imidazole rings is 1. The number of hydrogen-bond donors (Lipinski definition) is 1. The maximum absolute atomic E-state index is 10.7. The van der Waals surface area contributed by atoms with Gasteiger partial charge in [-0.1, -0.05) is 18.7 Å². The maximum Gasteiger partial charge on any atom is 0.313 e. The highest BCUT2D eigenvalue weighted by Crippen LogP contribution is 2.20. The molecule has 7 nitrogen and oxygen atoms in total. The Hall–Kier alpha value is -1.83. The lowest BCUT2D eigenvalue weighted by molar-refractivity contribution is -0.133. The van der Waals surface area contributed by atoms with Crippen LogP contribution in [0.15, 0.2) is 17.7 Å². The van der Waals surface area contributed by atoms with Gasteiger partial charge in [-0.3, -0.25) is 4.79 Å². The van der Waals surface area contributed by atoms with Crippen LogP contribution in [0, 0.1) is 0 Å². The maximum atomic E-state index is 10.7. The molecular formula is C12H17N5O2S. The van der Waals surface area contributed by atoms with Crippen molar-refractivity contribution in [1.29, 1.82) is 0 Å². The average molecular weight is 295 g/mol. The lowest BCUT2D eigenvalue weighted by atomic mass is 10.3. The van der Waals surface area contributed by atoms with E-state index in [1.165, 1.54) is 11.8 Å². The van der Waals surface area contributed by atoms with Gasteiger partial charge in [-0.25, -0.2) is 4.98 Å². The van der Waals surface area contributed by atoms with E-state index in [1.54, 1.807) is 12.5 Å². The van der Waals surface area contributed by atoms with E-state index in [4.69, 9.17) is 5.11 Å². The van der Waals surface area contributed by atoms with Crippen LogP contribution in [0.5, 0.6) is 0 Å². The minimum Gasteiger partial charge on any atom is -0.481 e. The van der Waals surface area contributed by atoms with Crippen LogP contribution < -0.4 is 0 Å². The summed E-state index contributed by atoms with van der Waals surface area (Å²) in [6.45, 7) is 5.43. The molecule has 0 fully saturated rings. The van der Waals surface area contributed by atoms with E-state index >= 15 is 0 Å². The Balaban J connectivity index is 2.24. The predicted octanol–water partition coefficient (Wildman–Crippen LogP) is 1.28. The highest BCUT2D eigenvalue weighted by molar-refractivity contribution is 7.99. The molecule has 0 atom stereocenters. The Morgan fingerprint density at radius 1 is 1.45 bits per heavy atom. The highest BCUT2D eigenvalue weighted by atomic mass is 32.2. The van der Waals surface area contributed by atoms with Gasteiger partial charge in [0.1, 0.15) is 6.33 Å². The van der Waals surface area contributed by atoms with E-state index in [0.29, 0.717) is 11.7 Å². The fraction of sp³-hybridized carbons (Fsp3) is 0.500. The fourth-order valence-electron chi connectivity index (χ4n) is 1.89. The monoisotopic (exact) mass is 295 g/mol. The van der Waals surface area contributed by atoms with E-state index in [2.05, 4.69) is 15.2 Å². The molecule has 0 saturated heterocycles. The number of hydrogen-bond acceptors (Lipinski definition) is 5. The second kappa shape index (κ2) is 6.56. The molecule has 2 heterocycles. The molecule has 2 aromatic heterocycles. The van der Waals surface area contributed by atoms with Crippen LogP contribution in [0.4, 0.5) is 0 Å². The summed E-state index contributed by atoms with van der Waals surface area (Å²) >= 11 is 1.22. The molecule has 0 amide bonds. The molecule has 0 radical (unpaired) electrons. The second-order valence-corrected chi connectivity index (χ2v) is 5.13. The van der Waals surface area contributed by atoms with Crippen LogP contribution >= 0.6 is 11.8 Å². The van der Waals surface area contributed by atoms with E-state index in [0.717, 1.165) is 24.5 Å². The van der Waals surface area contributed by atoms with Gasteiger partial charge in [-0.05, 0) is 13.3 Å². The Bertz CT molecular complexity index is 592. The molecule has 0 aromatic carbocycles. The highest BCUT2D eigenvalue weighted by Gasteiger charge is 2.14. The van der Waals surface area contributed by atoms with Gasteiger partial charge in [0.25, 0.3) is 0 Å². The normalized spacial score (nSPS) is 10.9. The minimum atomic E-state index is -0.848. The van der Waals surface area contributed by atoms with Gasteiger partial charge in [0, 0.05) is 18.4 Å². The van der Waals surface area contributed by atoms with Crippen molar-refractivity contribution in [3.05, 3.63) is 24.0 Å². The zero-order chi connectivity index (χ0) is 14.5. The third-order valence-electron chi connectivity index (χ3n) is 2.92. The summed E-state index contributed by atoms with van der Waals surface area (Å²) in [5.41, 5.74) is 1.06. The van der Waals surface area contributed by atoms with Crippen LogP contribution in [-0.4, -0.2) is 41.1 Å². The summed E-state index contributed by atoms with van der Waals surface area (Å²) in [6.07, 6.45) is 4.32. The largest absolute Gasteiger partial charge is 0.481 e. The molecule has 1 N–H and O–H groups in total. The molecule has 0 aliphatic rings. The first-order valence-corrected chi connectivity index (χ1v) is 7.39. The Morgan fingerprint density at radius 2 is 2.25 bits per heavy atom. The van der Waals surface area contributed by atoms with Gasteiger partial charge in [0.2, 0.25) is 0 Å². The van der Waals surface area contributed by atoms with Crippen LogP contribution in [0.1, 0.15) is 25.4 Å². The van der Waals surface area contributed by atoms with E-state index < -0.39 is 5.97 Å². The molecule has 0 saturated carbocycles. The first-order valence-electron chi connectivity index (χ1n) is 6.41. The second-order valence-electron chi connectivity index (χ2n) is 4.19. The van der Waals surface area contributed by atoms with Crippen molar-refractivity contribution in [2.45, 2.75) is 38.5 Å². The van der Waals surface area contributed by atoms with Gasteiger partial charge in [0.15, 0.2) is 11.0 Å². The van der Waals surface area contributed by atoms with Gasteiger partial charge >= 0.3 is 5.97 Å². The molecule has 0 bridgehead atoms. The number of carbonyl (C=O) groups is 1. The molecule has 20 heavy (non-hydrogen) atoms. The Kier molecular flexibility index (Phi) is 4.78. The van der Waals surface area contributed by atoms with E-state index in [9.17, 15) is 4.79 Å². The fourth-order valence-corrected chi connectivity index (χ4v) is 2.61. The summed E-state index contributed by atoms with van der Waals surface area (Å²) in [7, 11) is 0. The Morgan fingerprint density at radius 3 is 2.90 bits per heavy atom. The Labute approximate surface area is 121 Å². The zero-order valence-corrected chi connectivity index (χ0v) is 12.3. The van der Waals surface area contributed by atoms with E-state index in [1.807, 2.05) is 23.0 Å². The number of aryl methyl sites for hydroxylation is 2. The van der Waals surface area contributed by atoms with Crippen LogP contribution in [0.25, 0.3) is 0 Å². The summed E-state index contributed by atoms with van der Waals surface area (Å²) in [4.78, 5) is 15.0. The molecule has 0 aliphatic heterocycles. The third kappa shape index (κ3) is 3.19. The van der Waals surface area contributed by atoms with Crippen LogP contribution in [0.2, 0.25) is 0 Å². The molecule has 0 unspecified atom stereocenters. The predicted molar refractivity (Wildman–Crippen MR) is 74.8 cm³/mol. The zero-order valence-electron chi connectivity index (χ0n) is 11.5. The number of nitrogens with zero attached hydrogens (tertiary/aromatic N) is 5. The van der Waals surface area contributed by atoms with Crippen molar-refractivity contribution in [2.24, 2.45) is 0 Å². The number of aromatic nitrogens is 5. The van der Waals surface area contributed by atoms with Crippen molar-refractivity contribution in [1.82, 2.24) is 24.3 Å². The summed E-state index contributed by atoms with van der Waals surface area (Å²) in [5.74, 6) is -0.00243. The molecule has 108 valence electrons. The number of thioether (sulfide) groups is 1. The van der Waals surface area contributed by atoms with Gasteiger partial charge in [0.05, 0.1) is 12.3 Å². The van der Waals surface area contributed by atoms with E-state index in [-0.39, 0.29) is 5.75 Å². The van der Waals surface area contributed by atoms with Gasteiger partial charge < -0.3 is 14.2 Å². The number of carboxylic acid groups (broad SMARTS) is 1. The van der Waals surface area contributed by atoms with Crippen molar-refractivity contribution in [3.63, 3.8) is 0 Å². The topological polar surface area (TPSA) is 85.8 Å². The molecule has 8 heteroatoms. The number of carboxylic acids is 1. The standard InChI is InChI=1S/C12H17N5O2S/c1-3-9-5-13-12(20-7-11(18)19)17(9)6-10-15-14-8-16(10)4-2/h5,8H,3-4,6-7H2,1-2H3,(H,18,19). The number of aliphatic carboxylic acids is 1. The van der Waals surface area contributed by atoms with Crippen LogP contribution in [-0.2, 0) is 24.3 Å². The van der Waals surface area contributed by atoms with Gasteiger partial charge in [-0.15, -0.1) is 10.2 Å². The molecule has 2 aromatic rings. The summed E-state index contributed by atoms with van der Waals surface area (Å²) in [5, 5.41) is 17.5. The molecule has 0 spiro atoms. The SMILES string of the molecule is CCc1cnc(SCC(=O)O)n1Cc1nncn1CC. The molecule has 2 rings (SSSR count). The third-order valence-corrected chi connectivity index (χ3v) is 3.90.